The predicted octanol–water partition coefficient (Wildman–Crippen LogP) is 5.29. The average Bonchev–Trinajstić information content (AvgIpc) is 2.61. The Bertz CT molecular complexity index is 882. The van der Waals surface area contributed by atoms with Gasteiger partial charge < -0.3 is 10.1 Å². The van der Waals surface area contributed by atoms with E-state index in [1.165, 1.54) is 0 Å². The van der Waals surface area contributed by atoms with E-state index in [0.29, 0.717) is 10.8 Å². The van der Waals surface area contributed by atoms with Gasteiger partial charge in [-0.2, -0.15) is 0 Å². The Labute approximate surface area is 152 Å². The summed E-state index contributed by atoms with van der Waals surface area (Å²) >= 11 is 6.30. The molecule has 0 aliphatic rings. The molecule has 3 aromatic rings. The Morgan fingerprint density at radius 3 is 2.60 bits per heavy atom. The molecule has 0 aliphatic carbocycles. The molecule has 1 aromatic heterocycles. The van der Waals surface area contributed by atoms with E-state index >= 15 is 0 Å². The molecule has 0 amide bonds. The summed E-state index contributed by atoms with van der Waals surface area (Å²) in [7, 11) is 1.67. The summed E-state index contributed by atoms with van der Waals surface area (Å²) in [4.78, 5) is 9.02. The first-order chi connectivity index (χ1) is 12.1. The Kier molecular flexibility index (Phi) is 5.19. The molecule has 1 atom stereocenters. The number of aryl methyl sites for hydroxylation is 1. The number of rotatable bonds is 5. The molecule has 0 radical (unpaired) electrons. The van der Waals surface area contributed by atoms with Gasteiger partial charge in [-0.05, 0) is 37.6 Å². The van der Waals surface area contributed by atoms with Gasteiger partial charge in [0.2, 0.25) is 0 Å². The van der Waals surface area contributed by atoms with Crippen LogP contribution >= 0.6 is 11.6 Å². The van der Waals surface area contributed by atoms with E-state index in [2.05, 4.69) is 28.3 Å². The van der Waals surface area contributed by atoms with Crippen molar-refractivity contribution in [3.8, 4) is 17.0 Å². The number of anilines is 1. The predicted molar refractivity (Wildman–Crippen MR) is 102 cm³/mol. The lowest BCUT2D eigenvalue weighted by Crippen LogP contribution is -2.09. The van der Waals surface area contributed by atoms with E-state index < -0.39 is 0 Å². The van der Waals surface area contributed by atoms with Gasteiger partial charge in [0, 0.05) is 16.7 Å². The zero-order valence-corrected chi connectivity index (χ0v) is 15.2. The molecule has 0 saturated heterocycles. The zero-order valence-electron chi connectivity index (χ0n) is 14.5. The van der Waals surface area contributed by atoms with Crippen LogP contribution in [0.1, 0.15) is 24.4 Å². The number of hydrogen-bond donors (Lipinski definition) is 1. The molecule has 4 nitrogen and oxygen atoms in total. The quantitative estimate of drug-likeness (QED) is 0.677. The molecule has 0 saturated carbocycles. The van der Waals surface area contributed by atoms with Crippen molar-refractivity contribution in [1.29, 1.82) is 0 Å². The highest BCUT2D eigenvalue weighted by atomic mass is 35.5. The van der Waals surface area contributed by atoms with Gasteiger partial charge in [0.25, 0.3) is 0 Å². The summed E-state index contributed by atoms with van der Waals surface area (Å²) in [6, 6.07) is 17.7. The van der Waals surface area contributed by atoms with Crippen molar-refractivity contribution in [3.05, 3.63) is 71.0 Å². The molecule has 1 N–H and O–H groups in total. The van der Waals surface area contributed by atoms with E-state index in [4.69, 9.17) is 16.3 Å². The maximum absolute atomic E-state index is 6.30. The normalized spacial score (nSPS) is 11.8. The van der Waals surface area contributed by atoms with Gasteiger partial charge in [-0.25, -0.2) is 9.97 Å². The van der Waals surface area contributed by atoms with Gasteiger partial charge in [0.05, 0.1) is 18.8 Å². The molecule has 5 heteroatoms. The van der Waals surface area contributed by atoms with Gasteiger partial charge >= 0.3 is 0 Å². The minimum Gasteiger partial charge on any atom is -0.497 e. The van der Waals surface area contributed by atoms with E-state index in [-0.39, 0.29) is 6.04 Å². The highest BCUT2D eigenvalue weighted by Crippen LogP contribution is 2.28. The molecule has 2 aromatic carbocycles. The summed E-state index contributed by atoms with van der Waals surface area (Å²) in [5.41, 5.74) is 2.82. The van der Waals surface area contributed by atoms with E-state index in [0.717, 1.165) is 28.4 Å². The van der Waals surface area contributed by atoms with Crippen molar-refractivity contribution < 1.29 is 4.74 Å². The molecule has 25 heavy (non-hydrogen) atoms. The number of methoxy groups -OCH3 is 1. The number of aromatic nitrogens is 2. The third-order valence-corrected chi connectivity index (χ3v) is 4.28. The molecule has 0 bridgehead atoms. The molecule has 0 unspecified atom stereocenters. The van der Waals surface area contributed by atoms with Crippen LogP contribution in [0.4, 0.5) is 5.82 Å². The topological polar surface area (TPSA) is 47.0 Å². The lowest BCUT2D eigenvalue weighted by atomic mass is 10.1. The SMILES string of the molecule is COc1cccc([C@H](C)Nc2cc(-c3ccccc3Cl)nc(C)n2)c1. The number of nitrogens with zero attached hydrogens (tertiary/aromatic N) is 2. The number of nitrogens with one attached hydrogen (secondary N) is 1. The number of ether oxygens (including phenoxy) is 1. The molecular formula is C20H20ClN3O. The van der Waals surface area contributed by atoms with Crippen molar-refractivity contribution in [2.75, 3.05) is 12.4 Å². The van der Waals surface area contributed by atoms with Crippen LogP contribution in [-0.4, -0.2) is 17.1 Å². The van der Waals surface area contributed by atoms with Crippen molar-refractivity contribution >= 4 is 17.4 Å². The number of hydrogen-bond acceptors (Lipinski definition) is 4. The van der Waals surface area contributed by atoms with Crippen LogP contribution in [0.2, 0.25) is 5.02 Å². The second-order valence-corrected chi connectivity index (χ2v) is 6.22. The van der Waals surface area contributed by atoms with Crippen LogP contribution in [0.5, 0.6) is 5.75 Å². The largest absolute Gasteiger partial charge is 0.497 e. The fourth-order valence-corrected chi connectivity index (χ4v) is 2.90. The first-order valence-electron chi connectivity index (χ1n) is 8.08. The average molecular weight is 354 g/mol. The monoisotopic (exact) mass is 353 g/mol. The highest BCUT2D eigenvalue weighted by molar-refractivity contribution is 6.33. The molecule has 0 fully saturated rings. The van der Waals surface area contributed by atoms with Gasteiger partial charge in [0.15, 0.2) is 0 Å². The number of halogens is 1. The van der Waals surface area contributed by atoms with E-state index in [1.807, 2.05) is 55.5 Å². The Balaban J connectivity index is 1.89. The second-order valence-electron chi connectivity index (χ2n) is 5.81. The van der Waals surface area contributed by atoms with Crippen molar-refractivity contribution in [2.24, 2.45) is 0 Å². The van der Waals surface area contributed by atoms with Crippen LogP contribution < -0.4 is 10.1 Å². The Hall–Kier alpha value is -2.59. The molecule has 128 valence electrons. The lowest BCUT2D eigenvalue weighted by molar-refractivity contribution is 0.414. The van der Waals surface area contributed by atoms with Crippen LogP contribution in [0.15, 0.2) is 54.6 Å². The van der Waals surface area contributed by atoms with E-state index in [9.17, 15) is 0 Å². The van der Waals surface area contributed by atoms with Gasteiger partial charge in [0.1, 0.15) is 17.4 Å². The summed E-state index contributed by atoms with van der Waals surface area (Å²) < 4.78 is 5.30. The molecule has 1 heterocycles. The number of benzene rings is 2. The third-order valence-electron chi connectivity index (χ3n) is 3.95. The van der Waals surface area contributed by atoms with Crippen LogP contribution in [0.3, 0.4) is 0 Å². The summed E-state index contributed by atoms with van der Waals surface area (Å²) in [6.07, 6.45) is 0. The van der Waals surface area contributed by atoms with Gasteiger partial charge in [-0.1, -0.05) is 41.9 Å². The van der Waals surface area contributed by atoms with Crippen LogP contribution in [0.25, 0.3) is 11.3 Å². The lowest BCUT2D eigenvalue weighted by Gasteiger charge is -2.17. The van der Waals surface area contributed by atoms with E-state index in [1.54, 1.807) is 7.11 Å². The third kappa shape index (κ3) is 4.09. The Morgan fingerprint density at radius 2 is 1.84 bits per heavy atom. The smallest absolute Gasteiger partial charge is 0.130 e. The molecular weight excluding hydrogens is 334 g/mol. The zero-order chi connectivity index (χ0) is 17.8. The first kappa shape index (κ1) is 17.2. The minimum atomic E-state index is 0.0727. The highest BCUT2D eigenvalue weighted by Gasteiger charge is 2.11. The summed E-state index contributed by atoms with van der Waals surface area (Å²) in [5, 5.41) is 4.10. The molecule has 0 spiro atoms. The van der Waals surface area contributed by atoms with Crippen molar-refractivity contribution in [1.82, 2.24) is 9.97 Å². The van der Waals surface area contributed by atoms with Gasteiger partial charge in [-0.3, -0.25) is 0 Å². The fourth-order valence-electron chi connectivity index (χ4n) is 2.66. The fraction of sp³-hybridized carbons (Fsp3) is 0.200. The van der Waals surface area contributed by atoms with Crippen LogP contribution in [-0.2, 0) is 0 Å². The first-order valence-corrected chi connectivity index (χ1v) is 8.45. The Morgan fingerprint density at radius 1 is 1.04 bits per heavy atom. The van der Waals surface area contributed by atoms with Crippen LogP contribution in [0, 0.1) is 6.92 Å². The summed E-state index contributed by atoms with van der Waals surface area (Å²) in [5.74, 6) is 2.29. The molecule has 0 aliphatic heterocycles. The maximum Gasteiger partial charge on any atom is 0.130 e. The maximum atomic E-state index is 6.30. The molecule has 3 rings (SSSR count). The standard InChI is InChI=1S/C20H20ClN3O/c1-13(15-7-6-8-16(11-15)25-3)22-20-12-19(23-14(2)24-20)17-9-4-5-10-18(17)21/h4-13H,1-3H3,(H,22,23,24)/t13-/m0/s1. The van der Waals surface area contributed by atoms with Crippen molar-refractivity contribution in [2.45, 2.75) is 19.9 Å². The minimum absolute atomic E-state index is 0.0727. The van der Waals surface area contributed by atoms with Crippen molar-refractivity contribution in [3.63, 3.8) is 0 Å². The second kappa shape index (κ2) is 7.53. The van der Waals surface area contributed by atoms with Gasteiger partial charge in [-0.15, -0.1) is 0 Å². The summed E-state index contributed by atoms with van der Waals surface area (Å²) in [6.45, 7) is 3.96.